The summed E-state index contributed by atoms with van der Waals surface area (Å²) in [5.41, 5.74) is 0. The molecule has 23 heavy (non-hydrogen) atoms. The number of carbonyl (C=O) groups excluding carboxylic acids is 1. The highest BCUT2D eigenvalue weighted by Crippen LogP contribution is 2.28. The number of piperidine rings is 1. The van der Waals surface area contributed by atoms with Crippen LogP contribution in [0.1, 0.15) is 28.6 Å². The van der Waals surface area contributed by atoms with Gasteiger partial charge in [-0.2, -0.15) is 0 Å². The van der Waals surface area contributed by atoms with E-state index in [1.165, 1.54) is 11.3 Å². The van der Waals surface area contributed by atoms with Crippen LogP contribution in [-0.2, 0) is 0 Å². The van der Waals surface area contributed by atoms with Crippen LogP contribution < -0.4 is 0 Å². The van der Waals surface area contributed by atoms with Crippen LogP contribution in [0, 0.1) is 0 Å². The van der Waals surface area contributed by atoms with Crippen LogP contribution in [0.3, 0.4) is 0 Å². The van der Waals surface area contributed by atoms with E-state index in [9.17, 15) is 4.79 Å². The third-order valence-electron chi connectivity index (χ3n) is 4.08. The van der Waals surface area contributed by atoms with Gasteiger partial charge in [-0.05, 0) is 25.0 Å². The Bertz CT molecular complexity index is 779. The molecule has 3 aromatic heterocycles. The van der Waals surface area contributed by atoms with E-state index in [0.717, 1.165) is 24.4 Å². The molecule has 3 aromatic rings. The van der Waals surface area contributed by atoms with E-state index in [4.69, 9.17) is 4.42 Å². The zero-order valence-corrected chi connectivity index (χ0v) is 13.3. The molecule has 0 spiro atoms. The second-order valence-electron chi connectivity index (χ2n) is 5.56. The first kappa shape index (κ1) is 14.2. The number of hydrogen-bond donors (Lipinski definition) is 0. The van der Waals surface area contributed by atoms with Crippen molar-refractivity contribution in [1.82, 2.24) is 19.4 Å². The smallest absolute Gasteiger partial charge is 0.265 e. The molecule has 0 radical (unpaired) electrons. The first-order valence-corrected chi connectivity index (χ1v) is 8.39. The van der Waals surface area contributed by atoms with E-state index >= 15 is 0 Å². The average molecular weight is 328 g/mol. The van der Waals surface area contributed by atoms with E-state index in [-0.39, 0.29) is 5.91 Å². The molecule has 6 nitrogen and oxygen atoms in total. The highest BCUT2D eigenvalue weighted by atomic mass is 32.1. The Morgan fingerprint density at radius 3 is 3.17 bits per heavy atom. The van der Waals surface area contributed by atoms with E-state index in [1.807, 2.05) is 29.6 Å². The van der Waals surface area contributed by atoms with Crippen LogP contribution in [0.5, 0.6) is 0 Å². The topological polar surface area (TPSA) is 64.2 Å². The molecule has 118 valence electrons. The van der Waals surface area contributed by atoms with Crippen LogP contribution in [0.25, 0.3) is 10.8 Å². The Morgan fingerprint density at radius 1 is 1.43 bits per heavy atom. The summed E-state index contributed by atoms with van der Waals surface area (Å²) in [5, 5.41) is 0.738. The van der Waals surface area contributed by atoms with Crippen molar-refractivity contribution < 1.29 is 9.21 Å². The second-order valence-corrected chi connectivity index (χ2v) is 6.59. The Hall–Kier alpha value is -2.41. The largest absolute Gasteiger partial charge is 0.462 e. The minimum Gasteiger partial charge on any atom is -0.462 e. The molecule has 1 amide bonds. The molecule has 1 fully saturated rings. The van der Waals surface area contributed by atoms with Gasteiger partial charge < -0.3 is 13.9 Å². The summed E-state index contributed by atoms with van der Waals surface area (Å²) < 4.78 is 7.42. The summed E-state index contributed by atoms with van der Waals surface area (Å²) in [7, 11) is 0. The van der Waals surface area contributed by atoms with Crippen LogP contribution in [0.15, 0.2) is 47.7 Å². The highest BCUT2D eigenvalue weighted by molar-refractivity contribution is 7.16. The van der Waals surface area contributed by atoms with Crippen LogP contribution in [-0.4, -0.2) is 38.4 Å². The summed E-state index contributed by atoms with van der Waals surface area (Å²) >= 11 is 1.38. The van der Waals surface area contributed by atoms with Gasteiger partial charge in [0.2, 0.25) is 0 Å². The minimum atomic E-state index is 0.0464. The van der Waals surface area contributed by atoms with Gasteiger partial charge in [-0.25, -0.2) is 9.97 Å². The Kier molecular flexibility index (Phi) is 3.70. The van der Waals surface area contributed by atoms with Gasteiger partial charge >= 0.3 is 0 Å². The van der Waals surface area contributed by atoms with Gasteiger partial charge in [0.25, 0.3) is 5.91 Å². The van der Waals surface area contributed by atoms with Gasteiger partial charge in [-0.3, -0.25) is 4.79 Å². The van der Waals surface area contributed by atoms with Crippen molar-refractivity contribution in [2.24, 2.45) is 0 Å². The number of furan rings is 1. The summed E-state index contributed by atoms with van der Waals surface area (Å²) in [5.74, 6) is 0.745. The van der Waals surface area contributed by atoms with Gasteiger partial charge in [-0.15, -0.1) is 11.3 Å². The van der Waals surface area contributed by atoms with Crippen LogP contribution in [0.4, 0.5) is 0 Å². The molecule has 0 aromatic carbocycles. The fraction of sp³-hybridized carbons (Fsp3) is 0.312. The Balaban J connectivity index is 1.50. The molecule has 1 aliphatic rings. The third-order valence-corrected chi connectivity index (χ3v) is 5.08. The zero-order valence-electron chi connectivity index (χ0n) is 12.5. The summed E-state index contributed by atoms with van der Waals surface area (Å²) in [6, 6.07) is 3.97. The molecule has 4 heterocycles. The summed E-state index contributed by atoms with van der Waals surface area (Å²) in [6.45, 7) is 1.50. The highest BCUT2D eigenvalue weighted by Gasteiger charge is 2.26. The van der Waals surface area contributed by atoms with Crippen molar-refractivity contribution in [3.05, 3.63) is 48.2 Å². The lowest BCUT2D eigenvalue weighted by Crippen LogP contribution is -2.40. The monoisotopic (exact) mass is 328 g/mol. The van der Waals surface area contributed by atoms with Gasteiger partial charge in [-0.1, -0.05) is 0 Å². The Labute approximate surface area is 137 Å². The quantitative estimate of drug-likeness (QED) is 0.741. The standard InChI is InChI=1S/C16H16N4O2S/c21-16(14-9-18-15(23-14)13-4-2-8-22-13)19-6-1-3-12(10-19)20-7-5-17-11-20/h2,4-5,7-9,11-12H,1,3,6,10H2. The molecule has 1 atom stereocenters. The van der Waals surface area contributed by atoms with Gasteiger partial charge in [0.15, 0.2) is 10.8 Å². The number of nitrogens with zero attached hydrogens (tertiary/aromatic N) is 4. The zero-order chi connectivity index (χ0) is 15.6. The summed E-state index contributed by atoms with van der Waals surface area (Å²) in [4.78, 5) is 23.7. The van der Waals surface area contributed by atoms with Crippen molar-refractivity contribution in [2.45, 2.75) is 18.9 Å². The van der Waals surface area contributed by atoms with Crippen molar-refractivity contribution >= 4 is 17.2 Å². The molecule has 7 heteroatoms. The fourth-order valence-corrected chi connectivity index (χ4v) is 3.76. The van der Waals surface area contributed by atoms with Gasteiger partial charge in [0.1, 0.15) is 4.88 Å². The number of aromatic nitrogens is 3. The maximum Gasteiger partial charge on any atom is 0.265 e. The number of thiazole rings is 1. The van der Waals surface area contributed by atoms with E-state index in [1.54, 1.807) is 18.7 Å². The lowest BCUT2D eigenvalue weighted by molar-refractivity contribution is 0.0684. The fourth-order valence-electron chi connectivity index (χ4n) is 2.91. The van der Waals surface area contributed by atoms with Crippen LogP contribution >= 0.6 is 11.3 Å². The van der Waals surface area contributed by atoms with E-state index in [2.05, 4.69) is 14.5 Å². The molecule has 0 aliphatic carbocycles. The van der Waals surface area contributed by atoms with E-state index < -0.39 is 0 Å². The SMILES string of the molecule is O=C(c1cnc(-c2ccco2)s1)N1CCCC(n2ccnc2)C1. The first-order valence-electron chi connectivity index (χ1n) is 7.57. The maximum atomic E-state index is 12.7. The molecule has 4 rings (SSSR count). The molecule has 0 N–H and O–H groups in total. The third kappa shape index (κ3) is 2.79. The molecule has 1 aliphatic heterocycles. The van der Waals surface area contributed by atoms with Crippen molar-refractivity contribution in [2.75, 3.05) is 13.1 Å². The van der Waals surface area contributed by atoms with Gasteiger partial charge in [0.05, 0.1) is 24.8 Å². The molecular formula is C16H16N4O2S. The number of imidazole rings is 1. The lowest BCUT2D eigenvalue weighted by Gasteiger charge is -2.33. The van der Waals surface area contributed by atoms with Crippen molar-refractivity contribution in [3.63, 3.8) is 0 Å². The van der Waals surface area contributed by atoms with Crippen LogP contribution in [0.2, 0.25) is 0 Å². The van der Waals surface area contributed by atoms with Crippen molar-refractivity contribution in [1.29, 1.82) is 0 Å². The first-order chi connectivity index (χ1) is 11.3. The molecule has 1 unspecified atom stereocenters. The molecule has 0 bridgehead atoms. The van der Waals surface area contributed by atoms with Gasteiger partial charge in [0, 0.05) is 25.5 Å². The lowest BCUT2D eigenvalue weighted by atomic mass is 10.1. The summed E-state index contributed by atoms with van der Waals surface area (Å²) in [6.07, 6.45) is 10.9. The second kappa shape index (κ2) is 6.00. The number of hydrogen-bond acceptors (Lipinski definition) is 5. The average Bonchev–Trinajstić information content (AvgIpc) is 3.36. The predicted molar refractivity (Wildman–Crippen MR) is 86.2 cm³/mol. The number of likely N-dealkylation sites (tertiary alicyclic amines) is 1. The molecule has 1 saturated heterocycles. The maximum absolute atomic E-state index is 12.7. The van der Waals surface area contributed by atoms with E-state index in [0.29, 0.717) is 23.2 Å². The number of rotatable bonds is 3. The van der Waals surface area contributed by atoms with Crippen molar-refractivity contribution in [3.8, 4) is 10.8 Å². The minimum absolute atomic E-state index is 0.0464. The molecule has 0 saturated carbocycles. The Morgan fingerprint density at radius 2 is 2.39 bits per heavy atom. The normalized spacial score (nSPS) is 18.3. The number of carbonyl (C=O) groups is 1. The number of amides is 1. The molecular weight excluding hydrogens is 312 g/mol. The predicted octanol–water partition coefficient (Wildman–Crippen LogP) is 3.08.